The number of carbonyl (C=O) groups is 1. The third-order valence-corrected chi connectivity index (χ3v) is 2.63. The van der Waals surface area contributed by atoms with Gasteiger partial charge >= 0.3 is 0 Å². The Morgan fingerprint density at radius 3 is 2.95 bits per heavy atom. The van der Waals surface area contributed by atoms with Gasteiger partial charge in [0.2, 0.25) is 5.78 Å². The fraction of sp³-hybridized carbons (Fsp3) is 0.0714. The number of ether oxygens (including phenoxy) is 1. The molecule has 0 amide bonds. The van der Waals surface area contributed by atoms with Crippen molar-refractivity contribution in [2.75, 3.05) is 12.4 Å². The summed E-state index contributed by atoms with van der Waals surface area (Å²) >= 11 is 5.89. The maximum atomic E-state index is 11.6. The van der Waals surface area contributed by atoms with Crippen LogP contribution in [0.15, 0.2) is 53.3 Å². The number of hydrogen-bond acceptors (Lipinski definition) is 4. The van der Waals surface area contributed by atoms with Gasteiger partial charge in [0.25, 0.3) is 0 Å². The van der Waals surface area contributed by atoms with Gasteiger partial charge in [-0.25, -0.2) is 0 Å². The van der Waals surface area contributed by atoms with E-state index in [2.05, 4.69) is 5.32 Å². The Bertz CT molecular complexity index is 591. The summed E-state index contributed by atoms with van der Waals surface area (Å²) in [4.78, 5) is 11.6. The quantitative estimate of drug-likeness (QED) is 0.668. The highest BCUT2D eigenvalue weighted by Crippen LogP contribution is 2.27. The molecule has 0 unspecified atom stereocenters. The molecule has 0 aliphatic heterocycles. The smallest absolute Gasteiger partial charge is 0.222 e. The molecule has 0 aliphatic rings. The molecule has 98 valence electrons. The summed E-state index contributed by atoms with van der Waals surface area (Å²) < 4.78 is 10.2. The molecular formula is C14H12ClNO3. The molecule has 0 saturated heterocycles. The Kier molecular flexibility index (Phi) is 4.26. The second-order valence-electron chi connectivity index (χ2n) is 3.66. The SMILES string of the molecule is COc1ccc(Cl)cc1N/C=C/C(=O)c1ccco1. The van der Waals surface area contributed by atoms with Crippen LogP contribution in [0, 0.1) is 0 Å². The molecule has 0 saturated carbocycles. The van der Waals surface area contributed by atoms with Crippen molar-refractivity contribution in [1.82, 2.24) is 0 Å². The van der Waals surface area contributed by atoms with E-state index >= 15 is 0 Å². The molecule has 1 N–H and O–H groups in total. The minimum absolute atomic E-state index is 0.224. The van der Waals surface area contributed by atoms with E-state index < -0.39 is 0 Å². The molecule has 4 nitrogen and oxygen atoms in total. The number of methoxy groups -OCH3 is 1. The first-order valence-electron chi connectivity index (χ1n) is 5.55. The summed E-state index contributed by atoms with van der Waals surface area (Å²) in [5.74, 6) is 0.703. The molecule has 0 spiro atoms. The molecular weight excluding hydrogens is 266 g/mol. The highest BCUT2D eigenvalue weighted by Gasteiger charge is 2.04. The molecule has 0 bridgehead atoms. The fourth-order valence-electron chi connectivity index (χ4n) is 1.50. The van der Waals surface area contributed by atoms with Gasteiger partial charge in [-0.1, -0.05) is 11.6 Å². The van der Waals surface area contributed by atoms with E-state index in [-0.39, 0.29) is 11.5 Å². The number of furan rings is 1. The molecule has 1 aromatic heterocycles. The normalized spacial score (nSPS) is 10.6. The summed E-state index contributed by atoms with van der Waals surface area (Å²) in [5, 5.41) is 3.52. The third-order valence-electron chi connectivity index (χ3n) is 2.40. The van der Waals surface area contributed by atoms with Crippen molar-refractivity contribution in [3.63, 3.8) is 0 Å². The molecule has 0 fully saturated rings. The van der Waals surface area contributed by atoms with Crippen LogP contribution in [0.2, 0.25) is 5.02 Å². The van der Waals surface area contributed by atoms with Gasteiger partial charge in [0.05, 0.1) is 19.1 Å². The van der Waals surface area contributed by atoms with E-state index in [1.165, 1.54) is 18.5 Å². The Balaban J connectivity index is 2.06. The average Bonchev–Trinajstić information content (AvgIpc) is 2.93. The Labute approximate surface area is 115 Å². The topological polar surface area (TPSA) is 51.5 Å². The summed E-state index contributed by atoms with van der Waals surface area (Å²) in [6, 6.07) is 8.44. The number of carbonyl (C=O) groups excluding carboxylic acids is 1. The zero-order chi connectivity index (χ0) is 13.7. The van der Waals surface area contributed by atoms with Crippen LogP contribution in [0.4, 0.5) is 5.69 Å². The lowest BCUT2D eigenvalue weighted by Crippen LogP contribution is -1.96. The summed E-state index contributed by atoms with van der Waals surface area (Å²) in [6.07, 6.45) is 4.34. The number of hydrogen-bond donors (Lipinski definition) is 1. The third kappa shape index (κ3) is 3.39. The van der Waals surface area contributed by atoms with Gasteiger partial charge in [0.15, 0.2) is 5.76 Å². The predicted molar refractivity (Wildman–Crippen MR) is 73.8 cm³/mol. The van der Waals surface area contributed by atoms with E-state index in [0.717, 1.165) is 0 Å². The van der Waals surface area contributed by atoms with Gasteiger partial charge < -0.3 is 14.5 Å². The first-order chi connectivity index (χ1) is 9.20. The van der Waals surface area contributed by atoms with E-state index in [9.17, 15) is 4.79 Å². The van der Waals surface area contributed by atoms with Crippen LogP contribution in [-0.2, 0) is 0 Å². The van der Waals surface area contributed by atoms with Gasteiger partial charge in [-0.2, -0.15) is 0 Å². The molecule has 19 heavy (non-hydrogen) atoms. The number of rotatable bonds is 5. The molecule has 2 rings (SSSR count). The van der Waals surface area contributed by atoms with Crippen LogP contribution >= 0.6 is 11.6 Å². The lowest BCUT2D eigenvalue weighted by atomic mass is 10.3. The van der Waals surface area contributed by atoms with Crippen molar-refractivity contribution in [2.24, 2.45) is 0 Å². The Morgan fingerprint density at radius 2 is 2.26 bits per heavy atom. The largest absolute Gasteiger partial charge is 0.495 e. The fourth-order valence-corrected chi connectivity index (χ4v) is 1.67. The van der Waals surface area contributed by atoms with Crippen LogP contribution in [0.25, 0.3) is 0 Å². The number of ketones is 1. The van der Waals surface area contributed by atoms with Crippen LogP contribution in [0.1, 0.15) is 10.6 Å². The summed E-state index contributed by atoms with van der Waals surface area (Å²) in [5.41, 5.74) is 0.679. The van der Waals surface area contributed by atoms with E-state index in [1.54, 1.807) is 37.4 Å². The average molecular weight is 278 g/mol. The molecule has 5 heteroatoms. The molecule has 1 heterocycles. The zero-order valence-electron chi connectivity index (χ0n) is 10.2. The maximum absolute atomic E-state index is 11.6. The van der Waals surface area contributed by atoms with Gasteiger partial charge in [-0.15, -0.1) is 0 Å². The lowest BCUT2D eigenvalue weighted by Gasteiger charge is -2.07. The summed E-state index contributed by atoms with van der Waals surface area (Å²) in [6.45, 7) is 0. The van der Waals surface area contributed by atoms with Crippen LogP contribution in [0.3, 0.4) is 0 Å². The van der Waals surface area contributed by atoms with E-state index in [0.29, 0.717) is 16.5 Å². The zero-order valence-corrected chi connectivity index (χ0v) is 11.0. The minimum Gasteiger partial charge on any atom is -0.495 e. The first kappa shape index (κ1) is 13.2. The van der Waals surface area contributed by atoms with Crippen molar-refractivity contribution in [2.45, 2.75) is 0 Å². The summed E-state index contributed by atoms with van der Waals surface area (Å²) in [7, 11) is 1.56. The monoisotopic (exact) mass is 277 g/mol. The second kappa shape index (κ2) is 6.11. The molecule has 0 aliphatic carbocycles. The number of allylic oxidation sites excluding steroid dienone is 1. The van der Waals surface area contributed by atoms with Crippen LogP contribution in [-0.4, -0.2) is 12.9 Å². The Morgan fingerprint density at radius 1 is 1.42 bits per heavy atom. The molecule has 0 atom stereocenters. The van der Waals surface area contributed by atoms with Gasteiger partial charge in [0.1, 0.15) is 5.75 Å². The number of anilines is 1. The Hall–Kier alpha value is -2.20. The first-order valence-corrected chi connectivity index (χ1v) is 5.93. The van der Waals surface area contributed by atoms with Crippen LogP contribution < -0.4 is 10.1 Å². The van der Waals surface area contributed by atoms with E-state index in [4.69, 9.17) is 20.8 Å². The second-order valence-corrected chi connectivity index (χ2v) is 4.10. The highest BCUT2D eigenvalue weighted by atomic mass is 35.5. The molecule has 0 radical (unpaired) electrons. The lowest BCUT2D eigenvalue weighted by molar-refractivity contribution is 0.102. The van der Waals surface area contributed by atoms with E-state index in [1.807, 2.05) is 0 Å². The highest BCUT2D eigenvalue weighted by molar-refractivity contribution is 6.30. The van der Waals surface area contributed by atoms with Crippen molar-refractivity contribution in [3.05, 3.63) is 59.7 Å². The number of nitrogens with one attached hydrogen (secondary N) is 1. The van der Waals surface area contributed by atoms with Gasteiger partial charge in [-0.05, 0) is 30.3 Å². The van der Waals surface area contributed by atoms with Crippen LogP contribution in [0.5, 0.6) is 5.75 Å². The van der Waals surface area contributed by atoms with Crippen molar-refractivity contribution in [3.8, 4) is 5.75 Å². The number of benzene rings is 1. The van der Waals surface area contributed by atoms with Crippen molar-refractivity contribution in [1.29, 1.82) is 0 Å². The van der Waals surface area contributed by atoms with Crippen molar-refractivity contribution < 1.29 is 13.9 Å². The van der Waals surface area contributed by atoms with Gasteiger partial charge in [-0.3, -0.25) is 4.79 Å². The molecule has 1 aromatic carbocycles. The predicted octanol–water partition coefficient (Wildman–Crippen LogP) is 3.75. The van der Waals surface area contributed by atoms with Gasteiger partial charge in [0, 0.05) is 17.3 Å². The minimum atomic E-state index is -0.224. The number of halogens is 1. The molecule has 2 aromatic rings. The van der Waals surface area contributed by atoms with Crippen molar-refractivity contribution >= 4 is 23.1 Å². The standard InChI is InChI=1S/C14H12ClNO3/c1-18-13-5-4-10(15)9-11(13)16-7-6-12(17)14-3-2-8-19-14/h2-9,16H,1H3/b7-6+. The maximum Gasteiger partial charge on any atom is 0.222 e.